The van der Waals surface area contributed by atoms with E-state index in [0.717, 1.165) is 18.4 Å². The summed E-state index contributed by atoms with van der Waals surface area (Å²) in [6.45, 7) is 2.99. The molecule has 0 spiro atoms. The van der Waals surface area contributed by atoms with Gasteiger partial charge in [-0.15, -0.1) is 0 Å². The van der Waals surface area contributed by atoms with Crippen LogP contribution in [0.2, 0.25) is 0 Å². The molecule has 2 saturated heterocycles. The Bertz CT molecular complexity index is 932. The third-order valence-electron chi connectivity index (χ3n) is 6.27. The zero-order valence-corrected chi connectivity index (χ0v) is 19.6. The highest BCUT2D eigenvalue weighted by molar-refractivity contribution is 5.89. The van der Waals surface area contributed by atoms with Crippen molar-refractivity contribution in [1.29, 1.82) is 0 Å². The van der Waals surface area contributed by atoms with Crippen molar-refractivity contribution in [1.82, 2.24) is 5.32 Å². The normalized spacial score (nSPS) is 23.3. The molecule has 4 rings (SSSR count). The van der Waals surface area contributed by atoms with E-state index in [-0.39, 0.29) is 13.2 Å². The fourth-order valence-electron chi connectivity index (χ4n) is 4.35. The molecule has 0 bridgehead atoms. The van der Waals surface area contributed by atoms with E-state index in [0.29, 0.717) is 12.1 Å². The van der Waals surface area contributed by atoms with E-state index >= 15 is 0 Å². The first kappa shape index (κ1) is 24.2. The van der Waals surface area contributed by atoms with Crippen LogP contribution >= 0.6 is 0 Å². The Hall–Kier alpha value is -2.90. The number of benzene rings is 2. The summed E-state index contributed by atoms with van der Waals surface area (Å²) in [5.41, 5.74) is 2.71. The minimum Gasteiger partial charge on any atom is -0.453 e. The number of rotatable bonds is 10. The average molecular weight is 468 g/mol. The monoisotopic (exact) mass is 467 g/mol. The summed E-state index contributed by atoms with van der Waals surface area (Å²) in [5, 5.41) is 2.74. The van der Waals surface area contributed by atoms with E-state index in [1.54, 1.807) is 0 Å². The Morgan fingerprint density at radius 3 is 2.21 bits per heavy atom. The highest BCUT2D eigenvalue weighted by Crippen LogP contribution is 2.31. The van der Waals surface area contributed by atoms with Gasteiger partial charge in [-0.3, -0.25) is 0 Å². The second-order valence-electron chi connectivity index (χ2n) is 8.83. The van der Waals surface area contributed by atoms with Crippen molar-refractivity contribution in [2.45, 2.75) is 70.0 Å². The maximum absolute atomic E-state index is 12.7. The van der Waals surface area contributed by atoms with Crippen LogP contribution in [0.15, 0.2) is 54.6 Å². The van der Waals surface area contributed by atoms with E-state index in [1.165, 1.54) is 24.8 Å². The number of unbranched alkanes of at least 4 members (excludes halogenated alkanes) is 3. The molecule has 0 aliphatic carbocycles. The maximum atomic E-state index is 12.7. The topological polar surface area (TPSA) is 83.1 Å². The zero-order valence-electron chi connectivity index (χ0n) is 19.6. The third-order valence-corrected chi connectivity index (χ3v) is 6.27. The van der Waals surface area contributed by atoms with Gasteiger partial charge in [0, 0.05) is 6.54 Å². The van der Waals surface area contributed by atoms with Gasteiger partial charge in [0.05, 0.1) is 18.8 Å². The fraction of sp³-hybridized carbons (Fsp3) is 0.481. The molecule has 2 aliphatic heterocycles. The molecule has 2 fully saturated rings. The molecule has 0 unspecified atom stereocenters. The molecule has 7 nitrogen and oxygen atoms in total. The Morgan fingerprint density at radius 2 is 1.53 bits per heavy atom. The summed E-state index contributed by atoms with van der Waals surface area (Å²) in [6.07, 6.45) is 3.36. The Balaban J connectivity index is 1.22. The van der Waals surface area contributed by atoms with Crippen LogP contribution < -0.4 is 5.32 Å². The quantitative estimate of drug-likeness (QED) is 0.411. The third kappa shape index (κ3) is 6.36. The zero-order chi connectivity index (χ0) is 23.8. The second-order valence-corrected chi connectivity index (χ2v) is 8.83. The number of alkyl carbamates (subject to hydrolysis) is 1. The molecule has 0 aromatic heterocycles. The number of aryl methyl sites for hydroxylation is 1. The van der Waals surface area contributed by atoms with Gasteiger partial charge in [-0.1, -0.05) is 68.7 Å². The molecule has 1 amide bonds. The molecular weight excluding hydrogens is 434 g/mol. The number of fused-ring (bicyclic) bond motifs is 1. The number of ether oxygens (including phenoxy) is 4. The molecule has 2 aromatic carbocycles. The molecule has 182 valence electrons. The van der Waals surface area contributed by atoms with Crippen molar-refractivity contribution in [3.05, 3.63) is 71.3 Å². The number of hydrogen-bond donors (Lipinski definition) is 1. The van der Waals surface area contributed by atoms with Gasteiger partial charge in [0.1, 0.15) is 12.2 Å². The van der Waals surface area contributed by atoms with E-state index < -0.39 is 36.5 Å². The summed E-state index contributed by atoms with van der Waals surface area (Å²) in [7, 11) is 0. The molecule has 0 radical (unpaired) electrons. The van der Waals surface area contributed by atoms with Crippen LogP contribution in [0.1, 0.15) is 54.1 Å². The van der Waals surface area contributed by atoms with Crippen molar-refractivity contribution >= 4 is 12.1 Å². The minimum absolute atomic E-state index is 0.203. The number of amides is 1. The molecule has 34 heavy (non-hydrogen) atoms. The fourth-order valence-corrected chi connectivity index (χ4v) is 4.35. The summed E-state index contributed by atoms with van der Waals surface area (Å²) < 4.78 is 22.7. The average Bonchev–Trinajstić information content (AvgIpc) is 3.45. The van der Waals surface area contributed by atoms with Crippen LogP contribution in [0, 0.1) is 0 Å². The largest absolute Gasteiger partial charge is 0.453 e. The van der Waals surface area contributed by atoms with Crippen LogP contribution in [0.3, 0.4) is 0 Å². The SMILES string of the molecule is CCCCCCc1ccc(C(=O)O[C@@H]2CO[C@H]3[C@@H]2OC[C@@H]3OC(=O)NCc2ccccc2)cc1. The standard InChI is InChI=1S/C27H33NO6/c1-2-3-4-6-9-19-12-14-21(15-13-19)26(29)33-22-17-31-25-23(18-32-24(22)25)34-27(30)28-16-20-10-7-5-8-11-20/h5,7-8,10-15,22-25H,2-4,6,9,16-18H2,1H3,(H,28,30)/t22-,23+,24-,25-/m1/s1. The first-order valence-corrected chi connectivity index (χ1v) is 12.2. The van der Waals surface area contributed by atoms with Crippen LogP contribution in [0.25, 0.3) is 0 Å². The van der Waals surface area contributed by atoms with Crippen LogP contribution in [0.4, 0.5) is 4.79 Å². The van der Waals surface area contributed by atoms with Crippen LogP contribution in [0.5, 0.6) is 0 Å². The number of carbonyl (C=O) groups is 2. The Kier molecular flexibility index (Phi) is 8.55. The lowest BCUT2D eigenvalue weighted by molar-refractivity contribution is -0.0231. The lowest BCUT2D eigenvalue weighted by Gasteiger charge is -2.17. The summed E-state index contributed by atoms with van der Waals surface area (Å²) >= 11 is 0. The molecule has 2 aliphatic rings. The van der Waals surface area contributed by atoms with Crippen molar-refractivity contribution in [3.8, 4) is 0 Å². The molecule has 1 N–H and O–H groups in total. The van der Waals surface area contributed by atoms with E-state index in [2.05, 4.69) is 12.2 Å². The van der Waals surface area contributed by atoms with Gasteiger partial charge in [-0.2, -0.15) is 0 Å². The van der Waals surface area contributed by atoms with Crippen LogP contribution in [-0.4, -0.2) is 49.7 Å². The number of nitrogens with one attached hydrogen (secondary N) is 1. The molecule has 2 heterocycles. The minimum atomic E-state index is -0.545. The van der Waals surface area contributed by atoms with Gasteiger partial charge in [-0.25, -0.2) is 9.59 Å². The molecule has 4 atom stereocenters. The Labute approximate surface area is 200 Å². The Morgan fingerprint density at radius 1 is 0.853 bits per heavy atom. The number of hydrogen-bond acceptors (Lipinski definition) is 6. The van der Waals surface area contributed by atoms with Gasteiger partial charge in [-0.05, 0) is 36.1 Å². The van der Waals surface area contributed by atoms with Crippen molar-refractivity contribution in [3.63, 3.8) is 0 Å². The van der Waals surface area contributed by atoms with Crippen molar-refractivity contribution in [2.24, 2.45) is 0 Å². The van der Waals surface area contributed by atoms with Gasteiger partial charge < -0.3 is 24.3 Å². The first-order valence-electron chi connectivity index (χ1n) is 12.2. The number of esters is 1. The second kappa shape index (κ2) is 12.0. The van der Waals surface area contributed by atoms with E-state index in [1.807, 2.05) is 54.6 Å². The predicted molar refractivity (Wildman–Crippen MR) is 127 cm³/mol. The smallest absolute Gasteiger partial charge is 0.407 e. The maximum Gasteiger partial charge on any atom is 0.407 e. The summed E-state index contributed by atoms with van der Waals surface area (Å²) in [4.78, 5) is 24.9. The molecular formula is C27H33NO6. The van der Waals surface area contributed by atoms with Crippen LogP contribution in [-0.2, 0) is 31.9 Å². The molecule has 2 aromatic rings. The van der Waals surface area contributed by atoms with Gasteiger partial charge in [0.2, 0.25) is 0 Å². The first-order chi connectivity index (χ1) is 16.6. The van der Waals surface area contributed by atoms with Gasteiger partial charge in [0.25, 0.3) is 0 Å². The lowest BCUT2D eigenvalue weighted by Crippen LogP contribution is -2.38. The van der Waals surface area contributed by atoms with Crippen molar-refractivity contribution < 1.29 is 28.5 Å². The summed E-state index contributed by atoms with van der Waals surface area (Å²) in [6, 6.07) is 17.2. The van der Waals surface area contributed by atoms with Gasteiger partial charge >= 0.3 is 12.1 Å². The van der Waals surface area contributed by atoms with E-state index in [9.17, 15) is 9.59 Å². The molecule has 7 heteroatoms. The summed E-state index contributed by atoms with van der Waals surface area (Å²) in [5.74, 6) is -0.402. The lowest BCUT2D eigenvalue weighted by atomic mass is 10.0. The molecule has 0 saturated carbocycles. The highest BCUT2D eigenvalue weighted by Gasteiger charge is 2.51. The van der Waals surface area contributed by atoms with Crippen molar-refractivity contribution in [2.75, 3.05) is 13.2 Å². The number of carbonyl (C=O) groups excluding carboxylic acids is 2. The van der Waals surface area contributed by atoms with E-state index in [4.69, 9.17) is 18.9 Å². The predicted octanol–water partition coefficient (Wildman–Crippen LogP) is 4.43. The highest BCUT2D eigenvalue weighted by atomic mass is 16.7. The van der Waals surface area contributed by atoms with Gasteiger partial charge in [0.15, 0.2) is 12.2 Å².